The second-order valence-corrected chi connectivity index (χ2v) is 4.55. The summed E-state index contributed by atoms with van der Waals surface area (Å²) in [6.07, 6.45) is 4.02. The second kappa shape index (κ2) is 3.56. The third kappa shape index (κ3) is 1.52. The maximum atomic E-state index is 3.82. The topological polar surface area (TPSA) is 0 Å². The molecule has 1 heterocycles. The van der Waals surface area contributed by atoms with E-state index in [0.717, 1.165) is 0 Å². The van der Waals surface area contributed by atoms with Gasteiger partial charge in [-0.05, 0) is 40.8 Å². The lowest BCUT2D eigenvalue weighted by atomic mass is 10.2. The first-order valence-electron chi connectivity index (χ1n) is 4.03. The van der Waals surface area contributed by atoms with E-state index in [2.05, 4.69) is 36.4 Å². The van der Waals surface area contributed by atoms with Crippen LogP contribution in [0.3, 0.4) is 0 Å². The first kappa shape index (κ1) is 8.85. The van der Waals surface area contributed by atoms with Crippen molar-refractivity contribution in [3.05, 3.63) is 35.7 Å². The number of hydrogen-bond acceptors (Lipinski definition) is 2. The van der Waals surface area contributed by atoms with Crippen LogP contribution in [0.4, 0.5) is 0 Å². The second-order valence-electron chi connectivity index (χ2n) is 2.76. The van der Waals surface area contributed by atoms with Crippen LogP contribution in [0, 0.1) is 0 Å². The monoisotopic (exact) mass is 206 g/mol. The molecule has 0 nitrogen and oxygen atoms in total. The lowest BCUT2D eigenvalue weighted by molar-refractivity contribution is 1.48. The minimum Gasteiger partial charge on any atom is -0.144 e. The minimum absolute atomic E-state index is 1.23. The van der Waals surface area contributed by atoms with E-state index in [1.165, 1.54) is 20.5 Å². The van der Waals surface area contributed by atoms with Crippen LogP contribution in [0.15, 0.2) is 35.1 Å². The molecule has 0 radical (unpaired) electrons. The summed E-state index contributed by atoms with van der Waals surface area (Å²) in [6, 6.07) is 6.59. The molecule has 0 aliphatic rings. The predicted octanol–water partition coefficient (Wildman–Crippen LogP) is 4.27. The van der Waals surface area contributed by atoms with E-state index in [0.29, 0.717) is 0 Å². The molecule has 0 saturated carbocycles. The fourth-order valence-corrected chi connectivity index (χ4v) is 2.84. The zero-order chi connectivity index (χ0) is 9.26. The molecule has 2 aromatic rings. The molecule has 0 bridgehead atoms. The van der Waals surface area contributed by atoms with E-state index >= 15 is 0 Å². The number of hydrogen-bond donors (Lipinski definition) is 0. The summed E-state index contributed by atoms with van der Waals surface area (Å²) in [5.41, 5.74) is 1.23. The molecular weight excluding hydrogens is 196 g/mol. The van der Waals surface area contributed by atoms with Gasteiger partial charge in [-0.25, -0.2) is 0 Å². The normalized spacial score (nSPS) is 10.5. The highest BCUT2D eigenvalue weighted by Gasteiger charge is 2.01. The molecule has 0 aliphatic heterocycles. The average Bonchev–Trinajstić information content (AvgIpc) is 2.62. The summed E-state index contributed by atoms with van der Waals surface area (Å²) < 4.78 is 1.36. The summed E-state index contributed by atoms with van der Waals surface area (Å²) in [4.78, 5) is 1.31. The molecule has 0 fully saturated rings. The lowest BCUT2D eigenvalue weighted by Crippen LogP contribution is -1.77. The maximum Gasteiger partial charge on any atom is 0.0354 e. The van der Waals surface area contributed by atoms with Crippen molar-refractivity contribution < 1.29 is 0 Å². The van der Waals surface area contributed by atoms with Gasteiger partial charge < -0.3 is 0 Å². The Labute approximate surface area is 86.3 Å². The van der Waals surface area contributed by atoms with Gasteiger partial charge in [0.05, 0.1) is 0 Å². The predicted molar refractivity (Wildman–Crippen MR) is 63.7 cm³/mol. The Morgan fingerprint density at radius 1 is 1.46 bits per heavy atom. The largest absolute Gasteiger partial charge is 0.144 e. The minimum atomic E-state index is 1.23. The van der Waals surface area contributed by atoms with Gasteiger partial charge >= 0.3 is 0 Å². The summed E-state index contributed by atoms with van der Waals surface area (Å²) in [5.74, 6) is 0. The van der Waals surface area contributed by atoms with Crippen molar-refractivity contribution in [2.24, 2.45) is 0 Å². The fourth-order valence-electron chi connectivity index (χ4n) is 1.34. The van der Waals surface area contributed by atoms with Crippen LogP contribution in [-0.4, -0.2) is 6.26 Å². The van der Waals surface area contributed by atoms with Crippen LogP contribution in [0.2, 0.25) is 0 Å². The Hall–Kier alpha value is -0.730. The van der Waals surface area contributed by atoms with Crippen molar-refractivity contribution in [3.8, 4) is 0 Å². The standard InChI is InChI=1S/C11H10S2/c1-3-8-6-9-4-5-13-11(9)7-10(8)12-2/h3-7H,1H2,2H3. The molecule has 0 aliphatic carbocycles. The Balaban J connectivity index is 2.73. The highest BCUT2D eigenvalue weighted by Crippen LogP contribution is 2.30. The van der Waals surface area contributed by atoms with Gasteiger partial charge in [-0.3, -0.25) is 0 Å². The summed E-state index contributed by atoms with van der Waals surface area (Å²) >= 11 is 3.56. The molecule has 2 heteroatoms. The van der Waals surface area contributed by atoms with Gasteiger partial charge in [0.2, 0.25) is 0 Å². The van der Waals surface area contributed by atoms with Gasteiger partial charge in [0.1, 0.15) is 0 Å². The number of thiophene rings is 1. The number of benzene rings is 1. The third-order valence-corrected chi connectivity index (χ3v) is 3.70. The molecule has 0 unspecified atom stereocenters. The van der Waals surface area contributed by atoms with Crippen LogP contribution >= 0.6 is 23.1 Å². The van der Waals surface area contributed by atoms with E-state index in [-0.39, 0.29) is 0 Å². The van der Waals surface area contributed by atoms with E-state index in [9.17, 15) is 0 Å². The van der Waals surface area contributed by atoms with Crippen molar-refractivity contribution in [1.82, 2.24) is 0 Å². The molecule has 0 N–H and O–H groups in total. The molecular formula is C11H10S2. The van der Waals surface area contributed by atoms with Crippen LogP contribution < -0.4 is 0 Å². The van der Waals surface area contributed by atoms with E-state index in [4.69, 9.17) is 0 Å². The Kier molecular flexibility index (Phi) is 2.42. The SMILES string of the molecule is C=Cc1cc2ccsc2cc1SC. The van der Waals surface area contributed by atoms with Gasteiger partial charge in [-0.15, -0.1) is 23.1 Å². The third-order valence-electron chi connectivity index (χ3n) is 2.02. The van der Waals surface area contributed by atoms with Gasteiger partial charge in [-0.1, -0.05) is 12.7 Å². The Morgan fingerprint density at radius 3 is 3.00 bits per heavy atom. The van der Waals surface area contributed by atoms with Gasteiger partial charge in [0.15, 0.2) is 0 Å². The first-order chi connectivity index (χ1) is 6.35. The van der Waals surface area contributed by atoms with Gasteiger partial charge in [-0.2, -0.15) is 0 Å². The highest BCUT2D eigenvalue weighted by atomic mass is 32.2. The van der Waals surface area contributed by atoms with Crippen molar-refractivity contribution in [2.45, 2.75) is 4.90 Å². The van der Waals surface area contributed by atoms with Gasteiger partial charge in [0, 0.05) is 9.60 Å². The summed E-state index contributed by atoms with van der Waals surface area (Å²) in [5, 5.41) is 3.44. The highest BCUT2D eigenvalue weighted by molar-refractivity contribution is 7.98. The quantitative estimate of drug-likeness (QED) is 0.661. The molecule has 2 rings (SSSR count). The van der Waals surface area contributed by atoms with E-state index < -0.39 is 0 Å². The zero-order valence-corrected chi connectivity index (χ0v) is 9.04. The maximum absolute atomic E-state index is 3.82. The van der Waals surface area contributed by atoms with E-state index in [1.807, 2.05) is 6.08 Å². The van der Waals surface area contributed by atoms with Crippen molar-refractivity contribution in [1.29, 1.82) is 0 Å². The summed E-state index contributed by atoms with van der Waals surface area (Å²) in [6.45, 7) is 3.82. The average molecular weight is 206 g/mol. The van der Waals surface area contributed by atoms with Crippen LogP contribution in [0.25, 0.3) is 16.2 Å². The number of rotatable bonds is 2. The molecule has 66 valence electrons. The van der Waals surface area contributed by atoms with Crippen molar-refractivity contribution in [2.75, 3.05) is 6.26 Å². The number of fused-ring (bicyclic) bond motifs is 1. The van der Waals surface area contributed by atoms with Crippen LogP contribution in [-0.2, 0) is 0 Å². The molecule has 0 atom stereocenters. The zero-order valence-electron chi connectivity index (χ0n) is 7.41. The molecule has 13 heavy (non-hydrogen) atoms. The fraction of sp³-hybridized carbons (Fsp3) is 0.0909. The van der Waals surface area contributed by atoms with Crippen LogP contribution in [0.1, 0.15) is 5.56 Å². The van der Waals surface area contributed by atoms with Crippen LogP contribution in [0.5, 0.6) is 0 Å². The first-order valence-corrected chi connectivity index (χ1v) is 6.13. The Morgan fingerprint density at radius 2 is 2.31 bits per heavy atom. The van der Waals surface area contributed by atoms with Crippen molar-refractivity contribution >= 4 is 39.3 Å². The number of thioether (sulfide) groups is 1. The molecule has 0 amide bonds. The molecule has 0 saturated heterocycles. The molecule has 1 aromatic heterocycles. The molecule has 0 spiro atoms. The molecule has 1 aromatic carbocycles. The summed E-state index contributed by atoms with van der Waals surface area (Å²) in [7, 11) is 0. The van der Waals surface area contributed by atoms with E-state index in [1.54, 1.807) is 23.1 Å². The Bertz CT molecular complexity index is 440. The lowest BCUT2D eigenvalue weighted by Gasteiger charge is -2.02. The smallest absolute Gasteiger partial charge is 0.0354 e. The van der Waals surface area contributed by atoms with Gasteiger partial charge in [0.25, 0.3) is 0 Å². The van der Waals surface area contributed by atoms with Crippen molar-refractivity contribution in [3.63, 3.8) is 0 Å².